The first-order valence-electron chi connectivity index (χ1n) is 8.57. The van der Waals surface area contributed by atoms with Crippen molar-refractivity contribution in [3.63, 3.8) is 0 Å². The first-order chi connectivity index (χ1) is 9.69. The van der Waals surface area contributed by atoms with Gasteiger partial charge >= 0.3 is 0 Å². The van der Waals surface area contributed by atoms with Crippen LogP contribution in [0, 0.1) is 11.8 Å². The lowest BCUT2D eigenvalue weighted by Gasteiger charge is -2.48. The maximum absolute atomic E-state index is 3.81. The van der Waals surface area contributed by atoms with Gasteiger partial charge in [-0.05, 0) is 65.6 Å². The molecular formula is C18H34N2. The van der Waals surface area contributed by atoms with Gasteiger partial charge in [0.1, 0.15) is 0 Å². The van der Waals surface area contributed by atoms with Gasteiger partial charge in [0, 0.05) is 18.0 Å². The molecule has 2 unspecified atom stereocenters. The smallest absolute Gasteiger partial charge is 0.0332 e. The van der Waals surface area contributed by atoms with Gasteiger partial charge in [-0.25, -0.2) is 0 Å². The fraction of sp³-hybridized carbons (Fsp3) is 0.889. The average molecular weight is 278 g/mol. The summed E-state index contributed by atoms with van der Waals surface area (Å²) >= 11 is 0. The molecule has 0 spiro atoms. The molecule has 2 nitrogen and oxygen atoms in total. The number of nitrogens with zero attached hydrogens (tertiary/aromatic N) is 1. The molecule has 2 atom stereocenters. The summed E-state index contributed by atoms with van der Waals surface area (Å²) in [5, 5.41) is 3.81. The summed E-state index contributed by atoms with van der Waals surface area (Å²) in [5.41, 5.74) is 0.283. The van der Waals surface area contributed by atoms with Gasteiger partial charge in [0.15, 0.2) is 0 Å². The zero-order chi connectivity index (χ0) is 14.8. The number of hydrogen-bond acceptors (Lipinski definition) is 2. The van der Waals surface area contributed by atoms with Crippen molar-refractivity contribution >= 4 is 0 Å². The number of likely N-dealkylation sites (tertiary alicyclic amines) is 1. The zero-order valence-corrected chi connectivity index (χ0v) is 14.1. The Bertz CT molecular complexity index is 309. The van der Waals surface area contributed by atoms with Crippen LogP contribution in [0.3, 0.4) is 0 Å². The van der Waals surface area contributed by atoms with E-state index >= 15 is 0 Å². The molecule has 0 amide bonds. The lowest BCUT2D eigenvalue weighted by molar-refractivity contribution is 0.0407. The highest BCUT2D eigenvalue weighted by atomic mass is 15.2. The number of rotatable bonds is 8. The predicted molar refractivity (Wildman–Crippen MR) is 88.9 cm³/mol. The van der Waals surface area contributed by atoms with E-state index in [9.17, 15) is 0 Å². The second-order valence-corrected chi connectivity index (χ2v) is 6.23. The fourth-order valence-electron chi connectivity index (χ4n) is 3.39. The lowest BCUT2D eigenvalue weighted by atomic mass is 9.83. The molecule has 0 saturated carbocycles. The standard InChI is InChI=1S/C18H34N2/c1-5-8-10-13-17(19-14-6-2)18(4,7-3)20-15-11-9-12-16-20/h17,19H,6-7,9-16H2,1-4H3. The Morgan fingerprint density at radius 1 is 1.20 bits per heavy atom. The molecule has 0 bridgehead atoms. The van der Waals surface area contributed by atoms with E-state index in [1.807, 2.05) is 6.92 Å². The van der Waals surface area contributed by atoms with Crippen molar-refractivity contribution in [1.82, 2.24) is 10.2 Å². The Kier molecular flexibility index (Phi) is 8.26. The first kappa shape index (κ1) is 17.5. The zero-order valence-electron chi connectivity index (χ0n) is 14.1. The van der Waals surface area contributed by atoms with Crippen LogP contribution in [0.15, 0.2) is 0 Å². The van der Waals surface area contributed by atoms with Gasteiger partial charge in [0.05, 0.1) is 0 Å². The Labute approximate surface area is 126 Å². The molecule has 0 aliphatic carbocycles. The van der Waals surface area contributed by atoms with Crippen LogP contribution in [0.2, 0.25) is 0 Å². The molecule has 2 heteroatoms. The summed E-state index contributed by atoms with van der Waals surface area (Å²) in [5.74, 6) is 6.28. The highest BCUT2D eigenvalue weighted by Gasteiger charge is 2.37. The van der Waals surface area contributed by atoms with Crippen LogP contribution in [0.25, 0.3) is 0 Å². The van der Waals surface area contributed by atoms with Gasteiger partial charge < -0.3 is 5.32 Å². The topological polar surface area (TPSA) is 15.3 Å². The normalized spacial score (nSPS) is 20.8. The molecule has 1 aliphatic rings. The summed E-state index contributed by atoms with van der Waals surface area (Å²) in [4.78, 5) is 2.74. The van der Waals surface area contributed by atoms with Gasteiger partial charge in [-0.3, -0.25) is 4.90 Å². The molecule has 0 aromatic carbocycles. The van der Waals surface area contributed by atoms with Crippen LogP contribution in [-0.2, 0) is 0 Å². The molecule has 0 aromatic heterocycles. The Morgan fingerprint density at radius 2 is 1.90 bits per heavy atom. The van der Waals surface area contributed by atoms with Crippen molar-refractivity contribution in [1.29, 1.82) is 0 Å². The summed E-state index contributed by atoms with van der Waals surface area (Å²) in [7, 11) is 0. The second-order valence-electron chi connectivity index (χ2n) is 6.23. The SMILES string of the molecule is CC#CCCC(NCCC)C(C)(CC)N1CCCCC1. The third-order valence-corrected chi connectivity index (χ3v) is 4.92. The van der Waals surface area contributed by atoms with E-state index in [-0.39, 0.29) is 5.54 Å². The lowest BCUT2D eigenvalue weighted by Crippen LogP contribution is -2.60. The van der Waals surface area contributed by atoms with Gasteiger partial charge in [-0.15, -0.1) is 11.8 Å². The van der Waals surface area contributed by atoms with Crippen LogP contribution in [0.1, 0.15) is 72.6 Å². The first-order valence-corrected chi connectivity index (χ1v) is 8.57. The molecule has 1 N–H and O–H groups in total. The second kappa shape index (κ2) is 9.42. The predicted octanol–water partition coefficient (Wildman–Crippen LogP) is 3.81. The Morgan fingerprint density at radius 3 is 2.45 bits per heavy atom. The number of piperidine rings is 1. The van der Waals surface area contributed by atoms with Crippen LogP contribution in [-0.4, -0.2) is 36.1 Å². The summed E-state index contributed by atoms with van der Waals surface area (Å²) in [6, 6.07) is 0.561. The highest BCUT2D eigenvalue weighted by Crippen LogP contribution is 2.29. The third-order valence-electron chi connectivity index (χ3n) is 4.92. The molecule has 1 saturated heterocycles. The Balaban J connectivity index is 2.75. The average Bonchev–Trinajstić information content (AvgIpc) is 2.51. The van der Waals surface area contributed by atoms with E-state index in [1.165, 1.54) is 51.6 Å². The van der Waals surface area contributed by atoms with E-state index in [0.29, 0.717) is 6.04 Å². The summed E-state index contributed by atoms with van der Waals surface area (Å²) in [6.07, 6.45) is 8.74. The van der Waals surface area contributed by atoms with E-state index in [4.69, 9.17) is 0 Å². The molecule has 20 heavy (non-hydrogen) atoms. The highest BCUT2D eigenvalue weighted by molar-refractivity contribution is 5.01. The summed E-state index contributed by atoms with van der Waals surface area (Å²) in [6.45, 7) is 12.7. The van der Waals surface area contributed by atoms with Crippen LogP contribution in [0.5, 0.6) is 0 Å². The molecule has 1 fully saturated rings. The van der Waals surface area contributed by atoms with Crippen LogP contribution >= 0.6 is 0 Å². The minimum absolute atomic E-state index is 0.283. The minimum atomic E-state index is 0.283. The number of nitrogens with one attached hydrogen (secondary N) is 1. The quantitative estimate of drug-likeness (QED) is 0.679. The maximum Gasteiger partial charge on any atom is 0.0332 e. The molecular weight excluding hydrogens is 244 g/mol. The molecule has 0 radical (unpaired) electrons. The van der Waals surface area contributed by atoms with Gasteiger partial charge in [0.2, 0.25) is 0 Å². The van der Waals surface area contributed by atoms with Crippen molar-refractivity contribution in [3.05, 3.63) is 0 Å². The van der Waals surface area contributed by atoms with Crippen LogP contribution < -0.4 is 5.32 Å². The monoisotopic (exact) mass is 278 g/mol. The molecule has 1 heterocycles. The van der Waals surface area contributed by atoms with Gasteiger partial charge in [-0.1, -0.05) is 20.3 Å². The minimum Gasteiger partial charge on any atom is -0.312 e. The third kappa shape index (κ3) is 4.79. The maximum atomic E-state index is 3.81. The van der Waals surface area contributed by atoms with Crippen LogP contribution in [0.4, 0.5) is 0 Å². The van der Waals surface area contributed by atoms with E-state index < -0.39 is 0 Å². The van der Waals surface area contributed by atoms with Gasteiger partial charge in [-0.2, -0.15) is 0 Å². The largest absolute Gasteiger partial charge is 0.312 e. The van der Waals surface area contributed by atoms with E-state index in [2.05, 4.69) is 42.8 Å². The van der Waals surface area contributed by atoms with Crippen molar-refractivity contribution in [2.45, 2.75) is 84.2 Å². The Hall–Kier alpha value is -0.520. The van der Waals surface area contributed by atoms with Crippen molar-refractivity contribution in [2.24, 2.45) is 0 Å². The van der Waals surface area contributed by atoms with Crippen molar-refractivity contribution < 1.29 is 0 Å². The van der Waals surface area contributed by atoms with E-state index in [1.54, 1.807) is 0 Å². The molecule has 0 aromatic rings. The van der Waals surface area contributed by atoms with Gasteiger partial charge in [0.25, 0.3) is 0 Å². The number of hydrogen-bond donors (Lipinski definition) is 1. The molecule has 116 valence electrons. The summed E-state index contributed by atoms with van der Waals surface area (Å²) < 4.78 is 0. The van der Waals surface area contributed by atoms with Crippen molar-refractivity contribution in [3.8, 4) is 11.8 Å². The van der Waals surface area contributed by atoms with E-state index in [0.717, 1.165) is 13.0 Å². The molecule has 1 rings (SSSR count). The van der Waals surface area contributed by atoms with Crippen molar-refractivity contribution in [2.75, 3.05) is 19.6 Å². The molecule has 1 aliphatic heterocycles. The fourth-order valence-corrected chi connectivity index (χ4v) is 3.39.